The minimum Gasteiger partial charge on any atom is -0.434 e. The average Bonchev–Trinajstić information content (AvgIpc) is 2.92. The maximum Gasteiger partial charge on any atom is 0.387 e. The molecule has 0 aliphatic rings. The second-order valence-corrected chi connectivity index (χ2v) is 5.52. The molecule has 5 heteroatoms. The third-order valence-corrected chi connectivity index (χ3v) is 4.13. The molecule has 2 aromatic rings. The van der Waals surface area contributed by atoms with E-state index in [2.05, 4.69) is 23.0 Å². The number of benzene rings is 1. The van der Waals surface area contributed by atoms with Crippen molar-refractivity contribution in [1.29, 1.82) is 0 Å². The van der Waals surface area contributed by atoms with Crippen molar-refractivity contribution in [2.24, 2.45) is 0 Å². The molecule has 0 saturated heterocycles. The van der Waals surface area contributed by atoms with Crippen LogP contribution in [0.3, 0.4) is 0 Å². The zero-order valence-electron chi connectivity index (χ0n) is 11.3. The summed E-state index contributed by atoms with van der Waals surface area (Å²) in [6.45, 7) is 1.19. The number of thiophene rings is 1. The normalized spacial score (nSPS) is 14.2. The van der Waals surface area contributed by atoms with Gasteiger partial charge in [0.2, 0.25) is 0 Å². The van der Waals surface area contributed by atoms with Crippen molar-refractivity contribution in [3.8, 4) is 5.75 Å². The molecule has 0 saturated carbocycles. The standard InChI is InChI=1S/C15H17F2NOS/c1-10(18-11(2)14-8-5-9-20-14)12-6-3-4-7-13(12)19-15(16)17/h3-11,15,18H,1-2H3. The SMILES string of the molecule is CC(NC(C)c1ccccc1OC(F)F)c1cccs1. The van der Waals surface area contributed by atoms with Crippen LogP contribution in [0.1, 0.15) is 36.4 Å². The van der Waals surface area contributed by atoms with Gasteiger partial charge in [0, 0.05) is 22.5 Å². The molecule has 1 aromatic heterocycles. The lowest BCUT2D eigenvalue weighted by Gasteiger charge is -2.21. The fourth-order valence-electron chi connectivity index (χ4n) is 2.13. The average molecular weight is 297 g/mol. The molecule has 0 amide bonds. The Morgan fingerprint density at radius 3 is 2.45 bits per heavy atom. The van der Waals surface area contributed by atoms with Gasteiger partial charge in [0.15, 0.2) is 0 Å². The summed E-state index contributed by atoms with van der Waals surface area (Å²) in [4.78, 5) is 1.21. The van der Waals surface area contributed by atoms with Crippen LogP contribution in [0.15, 0.2) is 41.8 Å². The Morgan fingerprint density at radius 2 is 1.80 bits per heavy atom. The summed E-state index contributed by atoms with van der Waals surface area (Å²) in [7, 11) is 0. The molecule has 2 atom stereocenters. The number of alkyl halides is 2. The lowest BCUT2D eigenvalue weighted by Crippen LogP contribution is -2.22. The predicted octanol–water partition coefficient (Wildman–Crippen LogP) is 4.76. The molecule has 1 aromatic carbocycles. The van der Waals surface area contributed by atoms with Crippen LogP contribution >= 0.6 is 11.3 Å². The van der Waals surface area contributed by atoms with Crippen LogP contribution in [0.5, 0.6) is 5.75 Å². The van der Waals surface area contributed by atoms with Crippen molar-refractivity contribution >= 4 is 11.3 Å². The summed E-state index contributed by atoms with van der Waals surface area (Å²) < 4.78 is 29.4. The summed E-state index contributed by atoms with van der Waals surface area (Å²) in [6.07, 6.45) is 0. The van der Waals surface area contributed by atoms with Crippen molar-refractivity contribution in [2.75, 3.05) is 0 Å². The van der Waals surface area contributed by atoms with Gasteiger partial charge in [-0.2, -0.15) is 8.78 Å². The first-order valence-electron chi connectivity index (χ1n) is 6.41. The highest BCUT2D eigenvalue weighted by molar-refractivity contribution is 7.10. The van der Waals surface area contributed by atoms with Gasteiger partial charge >= 0.3 is 6.61 Å². The first-order valence-corrected chi connectivity index (χ1v) is 7.29. The first-order chi connectivity index (χ1) is 9.58. The number of nitrogens with one attached hydrogen (secondary N) is 1. The number of ether oxygens (including phenoxy) is 1. The Kier molecular flexibility index (Phi) is 5.09. The zero-order chi connectivity index (χ0) is 14.5. The van der Waals surface area contributed by atoms with Gasteiger partial charge in [-0.25, -0.2) is 0 Å². The second-order valence-electron chi connectivity index (χ2n) is 4.54. The zero-order valence-corrected chi connectivity index (χ0v) is 12.2. The smallest absolute Gasteiger partial charge is 0.387 e. The molecule has 108 valence electrons. The maximum absolute atomic E-state index is 12.4. The van der Waals surface area contributed by atoms with E-state index in [1.165, 1.54) is 4.88 Å². The lowest BCUT2D eigenvalue weighted by molar-refractivity contribution is -0.0506. The molecule has 2 rings (SSSR count). The van der Waals surface area contributed by atoms with Crippen molar-refractivity contribution in [2.45, 2.75) is 32.5 Å². The van der Waals surface area contributed by atoms with E-state index in [1.54, 1.807) is 29.5 Å². The molecule has 0 aliphatic carbocycles. The molecule has 0 radical (unpaired) electrons. The van der Waals surface area contributed by atoms with Crippen molar-refractivity contribution in [3.05, 3.63) is 52.2 Å². The molecular weight excluding hydrogens is 280 g/mol. The minimum absolute atomic E-state index is 0.0814. The van der Waals surface area contributed by atoms with E-state index in [0.717, 1.165) is 5.56 Å². The summed E-state index contributed by atoms with van der Waals surface area (Å²) in [5.41, 5.74) is 0.733. The molecular formula is C15H17F2NOS. The molecule has 1 N–H and O–H groups in total. The number of hydrogen-bond donors (Lipinski definition) is 1. The minimum atomic E-state index is -2.81. The van der Waals surface area contributed by atoms with E-state index in [1.807, 2.05) is 24.4 Å². The third kappa shape index (κ3) is 3.77. The monoisotopic (exact) mass is 297 g/mol. The second kappa shape index (κ2) is 6.81. The highest BCUT2D eigenvalue weighted by Gasteiger charge is 2.17. The summed E-state index contributed by atoms with van der Waals surface area (Å²) >= 11 is 1.67. The van der Waals surface area contributed by atoms with Gasteiger partial charge in [-0.3, -0.25) is 0 Å². The van der Waals surface area contributed by atoms with Crippen LogP contribution < -0.4 is 10.1 Å². The van der Waals surface area contributed by atoms with Gasteiger partial charge < -0.3 is 10.1 Å². The molecule has 1 heterocycles. The third-order valence-electron chi connectivity index (χ3n) is 3.07. The van der Waals surface area contributed by atoms with E-state index in [0.29, 0.717) is 0 Å². The van der Waals surface area contributed by atoms with Crippen molar-refractivity contribution < 1.29 is 13.5 Å². The van der Waals surface area contributed by atoms with Crippen LogP contribution in [-0.4, -0.2) is 6.61 Å². The van der Waals surface area contributed by atoms with Crippen LogP contribution in [0.4, 0.5) is 8.78 Å². The first kappa shape index (κ1) is 14.9. The van der Waals surface area contributed by atoms with Crippen LogP contribution in [0.25, 0.3) is 0 Å². The van der Waals surface area contributed by atoms with Gasteiger partial charge in [-0.05, 0) is 31.4 Å². The predicted molar refractivity (Wildman–Crippen MR) is 77.4 cm³/mol. The van der Waals surface area contributed by atoms with Crippen LogP contribution in [0.2, 0.25) is 0 Å². The summed E-state index contributed by atoms with van der Waals surface area (Å²) in [5.74, 6) is 0.223. The highest BCUT2D eigenvalue weighted by atomic mass is 32.1. The summed E-state index contributed by atoms with van der Waals surface area (Å²) in [6, 6.07) is 11.0. The molecule has 2 nitrogen and oxygen atoms in total. The summed E-state index contributed by atoms with van der Waals surface area (Å²) in [5, 5.41) is 5.42. The fraction of sp³-hybridized carbons (Fsp3) is 0.333. The largest absolute Gasteiger partial charge is 0.434 e. The van der Waals surface area contributed by atoms with E-state index < -0.39 is 6.61 Å². The highest BCUT2D eigenvalue weighted by Crippen LogP contribution is 2.29. The Bertz CT molecular complexity index is 530. The van der Waals surface area contributed by atoms with Gasteiger partial charge in [0.25, 0.3) is 0 Å². The quantitative estimate of drug-likeness (QED) is 0.830. The van der Waals surface area contributed by atoms with E-state index in [9.17, 15) is 8.78 Å². The molecule has 0 fully saturated rings. The molecule has 0 bridgehead atoms. The molecule has 20 heavy (non-hydrogen) atoms. The molecule has 0 aliphatic heterocycles. The molecule has 2 unspecified atom stereocenters. The van der Waals surface area contributed by atoms with Crippen molar-refractivity contribution in [1.82, 2.24) is 5.32 Å². The van der Waals surface area contributed by atoms with Gasteiger partial charge in [-0.15, -0.1) is 11.3 Å². The lowest BCUT2D eigenvalue weighted by atomic mass is 10.1. The van der Waals surface area contributed by atoms with Crippen LogP contribution in [-0.2, 0) is 0 Å². The topological polar surface area (TPSA) is 21.3 Å². The van der Waals surface area contributed by atoms with E-state index in [-0.39, 0.29) is 17.8 Å². The number of hydrogen-bond acceptors (Lipinski definition) is 3. The van der Waals surface area contributed by atoms with Gasteiger partial charge in [0.05, 0.1) is 0 Å². The van der Waals surface area contributed by atoms with Crippen molar-refractivity contribution in [3.63, 3.8) is 0 Å². The number of rotatable bonds is 6. The van der Waals surface area contributed by atoms with E-state index >= 15 is 0 Å². The van der Waals surface area contributed by atoms with Crippen LogP contribution in [0, 0.1) is 0 Å². The van der Waals surface area contributed by atoms with E-state index in [4.69, 9.17) is 0 Å². The Balaban J connectivity index is 2.10. The fourth-order valence-corrected chi connectivity index (χ4v) is 2.87. The maximum atomic E-state index is 12.4. The van der Waals surface area contributed by atoms with Gasteiger partial charge in [0.1, 0.15) is 5.75 Å². The number of para-hydroxylation sites is 1. The molecule has 0 spiro atoms. The Labute approximate surface area is 121 Å². The Hall–Kier alpha value is -1.46. The Morgan fingerprint density at radius 1 is 1.05 bits per heavy atom. The number of halogens is 2. The van der Waals surface area contributed by atoms with Gasteiger partial charge in [-0.1, -0.05) is 24.3 Å².